The fourth-order valence-electron chi connectivity index (χ4n) is 2.69. The molecule has 3 rings (SSSR count). The van der Waals surface area contributed by atoms with Gasteiger partial charge in [-0.15, -0.1) is 0 Å². The van der Waals surface area contributed by atoms with Crippen LogP contribution in [0.5, 0.6) is 0 Å². The highest BCUT2D eigenvalue weighted by Gasteiger charge is 2.49. The van der Waals surface area contributed by atoms with Crippen molar-refractivity contribution in [1.82, 2.24) is 9.97 Å². The van der Waals surface area contributed by atoms with Gasteiger partial charge < -0.3 is 10.5 Å². The molecule has 21 heavy (non-hydrogen) atoms. The topological polar surface area (TPSA) is 78.1 Å². The van der Waals surface area contributed by atoms with E-state index in [0.717, 1.165) is 12.8 Å². The maximum atomic E-state index is 11.7. The van der Waals surface area contributed by atoms with E-state index in [0.29, 0.717) is 11.5 Å². The molecule has 0 saturated heterocycles. The molecular formula is C16H17N3O2. The van der Waals surface area contributed by atoms with Crippen LogP contribution in [0.15, 0.2) is 30.3 Å². The highest BCUT2D eigenvalue weighted by molar-refractivity contribution is 5.95. The van der Waals surface area contributed by atoms with Crippen LogP contribution in [0, 0.1) is 6.92 Å². The number of ether oxygens (including phenoxy) is 1. The Labute approximate surface area is 123 Å². The van der Waals surface area contributed by atoms with Crippen molar-refractivity contribution in [3.63, 3.8) is 0 Å². The van der Waals surface area contributed by atoms with Crippen LogP contribution in [0.2, 0.25) is 0 Å². The molecule has 2 aromatic rings. The second kappa shape index (κ2) is 4.84. The molecule has 0 amide bonds. The number of rotatable bonds is 3. The zero-order chi connectivity index (χ0) is 15.0. The monoisotopic (exact) mass is 283 g/mol. The standard InChI is InChI=1S/C16H17N3O2/c1-10-12(14(20)21-2)13(17)19-15(18-10)16(8-9-16)11-6-4-3-5-7-11/h3-7H,8-9H2,1-2H3,(H2,17,18,19). The third-order valence-electron chi connectivity index (χ3n) is 4.01. The van der Waals surface area contributed by atoms with Crippen molar-refractivity contribution in [2.75, 3.05) is 12.8 Å². The van der Waals surface area contributed by atoms with Crippen LogP contribution in [0.1, 0.15) is 40.3 Å². The summed E-state index contributed by atoms with van der Waals surface area (Å²) >= 11 is 0. The predicted molar refractivity (Wildman–Crippen MR) is 79.0 cm³/mol. The van der Waals surface area contributed by atoms with Crippen LogP contribution < -0.4 is 5.73 Å². The van der Waals surface area contributed by atoms with E-state index in [1.807, 2.05) is 18.2 Å². The van der Waals surface area contributed by atoms with Crippen molar-refractivity contribution < 1.29 is 9.53 Å². The second-order valence-electron chi connectivity index (χ2n) is 5.33. The van der Waals surface area contributed by atoms with Crippen molar-refractivity contribution in [2.45, 2.75) is 25.2 Å². The number of methoxy groups -OCH3 is 1. The van der Waals surface area contributed by atoms with Crippen LogP contribution in [0.25, 0.3) is 0 Å². The number of nitrogen functional groups attached to an aromatic ring is 1. The fraction of sp³-hybridized carbons (Fsp3) is 0.312. The second-order valence-corrected chi connectivity index (χ2v) is 5.33. The summed E-state index contributed by atoms with van der Waals surface area (Å²) in [6.07, 6.45) is 1.99. The van der Waals surface area contributed by atoms with Crippen molar-refractivity contribution in [2.24, 2.45) is 0 Å². The number of esters is 1. The van der Waals surface area contributed by atoms with E-state index in [1.54, 1.807) is 6.92 Å². The molecule has 1 saturated carbocycles. The average molecular weight is 283 g/mol. The Morgan fingerprint density at radius 1 is 1.24 bits per heavy atom. The van der Waals surface area contributed by atoms with Gasteiger partial charge in [-0.2, -0.15) is 0 Å². The van der Waals surface area contributed by atoms with Gasteiger partial charge in [0.05, 0.1) is 18.2 Å². The number of aryl methyl sites for hydroxylation is 1. The minimum atomic E-state index is -0.499. The van der Waals surface area contributed by atoms with Crippen molar-refractivity contribution in [1.29, 1.82) is 0 Å². The fourth-order valence-corrected chi connectivity index (χ4v) is 2.69. The highest BCUT2D eigenvalue weighted by Crippen LogP contribution is 2.52. The summed E-state index contributed by atoms with van der Waals surface area (Å²) in [5.74, 6) is 0.379. The summed E-state index contributed by atoms with van der Waals surface area (Å²) in [6.45, 7) is 1.76. The van der Waals surface area contributed by atoms with Crippen molar-refractivity contribution in [3.8, 4) is 0 Å². The highest BCUT2D eigenvalue weighted by atomic mass is 16.5. The molecule has 1 aromatic carbocycles. The maximum Gasteiger partial charge on any atom is 0.343 e. The third kappa shape index (κ3) is 2.14. The first-order valence-electron chi connectivity index (χ1n) is 6.87. The van der Waals surface area contributed by atoms with Gasteiger partial charge in [0.15, 0.2) is 0 Å². The van der Waals surface area contributed by atoms with Crippen molar-refractivity contribution >= 4 is 11.8 Å². The van der Waals surface area contributed by atoms with Gasteiger partial charge in [-0.05, 0) is 25.3 Å². The lowest BCUT2D eigenvalue weighted by Crippen LogP contribution is -2.19. The number of benzene rings is 1. The molecule has 0 bridgehead atoms. The first kappa shape index (κ1) is 13.5. The number of nitrogens with zero attached hydrogens (tertiary/aromatic N) is 2. The van der Waals surface area contributed by atoms with E-state index >= 15 is 0 Å². The van der Waals surface area contributed by atoms with E-state index in [1.165, 1.54) is 12.7 Å². The molecular weight excluding hydrogens is 266 g/mol. The van der Waals surface area contributed by atoms with Gasteiger partial charge in [-0.25, -0.2) is 14.8 Å². The largest absolute Gasteiger partial charge is 0.465 e. The molecule has 0 radical (unpaired) electrons. The van der Waals surface area contributed by atoms with Gasteiger partial charge in [0.1, 0.15) is 17.2 Å². The Balaban J connectivity index is 2.07. The van der Waals surface area contributed by atoms with Crippen LogP contribution >= 0.6 is 0 Å². The molecule has 5 nitrogen and oxygen atoms in total. The number of aromatic nitrogens is 2. The lowest BCUT2D eigenvalue weighted by molar-refractivity contribution is 0.0600. The first-order chi connectivity index (χ1) is 10.1. The van der Waals surface area contributed by atoms with E-state index in [9.17, 15) is 4.79 Å². The van der Waals surface area contributed by atoms with Gasteiger partial charge in [0.2, 0.25) is 0 Å². The normalized spacial score (nSPS) is 15.5. The SMILES string of the molecule is COC(=O)c1c(C)nc(C2(c3ccccc3)CC2)nc1N. The summed E-state index contributed by atoms with van der Waals surface area (Å²) in [5, 5.41) is 0. The summed E-state index contributed by atoms with van der Waals surface area (Å²) in [5.41, 5.74) is 7.80. The number of nitrogens with two attached hydrogens (primary N) is 1. The number of hydrogen-bond acceptors (Lipinski definition) is 5. The predicted octanol–water partition coefficient (Wildman–Crippen LogP) is 2.23. The van der Waals surface area contributed by atoms with Gasteiger partial charge in [0.25, 0.3) is 0 Å². The van der Waals surface area contributed by atoms with Gasteiger partial charge in [-0.3, -0.25) is 0 Å². The number of hydrogen-bond donors (Lipinski definition) is 1. The van der Waals surface area contributed by atoms with E-state index in [-0.39, 0.29) is 16.8 Å². The lowest BCUT2D eigenvalue weighted by atomic mass is 9.95. The molecule has 1 fully saturated rings. The van der Waals surface area contributed by atoms with E-state index in [4.69, 9.17) is 10.5 Å². The summed E-state index contributed by atoms with van der Waals surface area (Å²) in [7, 11) is 1.32. The van der Waals surface area contributed by atoms with Crippen LogP contribution in [0.3, 0.4) is 0 Å². The van der Waals surface area contributed by atoms with Crippen molar-refractivity contribution in [3.05, 3.63) is 53.0 Å². The molecule has 1 heterocycles. The summed E-state index contributed by atoms with van der Waals surface area (Å²) < 4.78 is 4.72. The Morgan fingerprint density at radius 3 is 2.43 bits per heavy atom. The molecule has 0 aliphatic heterocycles. The average Bonchev–Trinajstić information content (AvgIpc) is 3.29. The summed E-state index contributed by atoms with van der Waals surface area (Å²) in [4.78, 5) is 20.6. The molecule has 0 atom stereocenters. The van der Waals surface area contributed by atoms with E-state index in [2.05, 4.69) is 22.1 Å². The third-order valence-corrected chi connectivity index (χ3v) is 4.01. The molecule has 5 heteroatoms. The first-order valence-corrected chi connectivity index (χ1v) is 6.87. The lowest BCUT2D eigenvalue weighted by Gasteiger charge is -2.16. The maximum absolute atomic E-state index is 11.7. The zero-order valence-corrected chi connectivity index (χ0v) is 12.1. The molecule has 108 valence electrons. The minimum absolute atomic E-state index is 0.158. The Bertz CT molecular complexity index is 671. The van der Waals surface area contributed by atoms with Crippen LogP contribution in [-0.4, -0.2) is 23.0 Å². The molecule has 0 unspecified atom stereocenters. The summed E-state index contributed by atoms with van der Waals surface area (Å²) in [6, 6.07) is 10.2. The number of anilines is 1. The molecule has 2 N–H and O–H groups in total. The van der Waals surface area contributed by atoms with Gasteiger partial charge in [0, 0.05) is 0 Å². The van der Waals surface area contributed by atoms with Gasteiger partial charge >= 0.3 is 5.97 Å². The molecule has 0 spiro atoms. The van der Waals surface area contributed by atoms with Crippen LogP contribution in [0.4, 0.5) is 5.82 Å². The molecule has 1 aromatic heterocycles. The molecule has 1 aliphatic carbocycles. The number of carbonyl (C=O) groups excluding carboxylic acids is 1. The Hall–Kier alpha value is -2.43. The zero-order valence-electron chi connectivity index (χ0n) is 12.1. The smallest absolute Gasteiger partial charge is 0.343 e. The number of carbonyl (C=O) groups is 1. The quantitative estimate of drug-likeness (QED) is 0.874. The minimum Gasteiger partial charge on any atom is -0.465 e. The molecule has 1 aliphatic rings. The Kier molecular flexibility index (Phi) is 3.12. The van der Waals surface area contributed by atoms with Crippen LogP contribution in [-0.2, 0) is 10.2 Å². The van der Waals surface area contributed by atoms with Gasteiger partial charge in [-0.1, -0.05) is 30.3 Å². The Morgan fingerprint density at radius 2 is 1.90 bits per heavy atom. The van der Waals surface area contributed by atoms with E-state index < -0.39 is 5.97 Å².